The van der Waals surface area contributed by atoms with Gasteiger partial charge in [-0.15, -0.1) is 0 Å². The van der Waals surface area contributed by atoms with Crippen LogP contribution in [0, 0.1) is 10.1 Å². The Kier molecular flexibility index (Phi) is 2.46. The van der Waals surface area contributed by atoms with Gasteiger partial charge < -0.3 is 0 Å². The zero-order valence-corrected chi connectivity index (χ0v) is 8.79. The van der Waals surface area contributed by atoms with Gasteiger partial charge in [0.2, 0.25) is 0 Å². The van der Waals surface area contributed by atoms with E-state index in [-0.39, 0.29) is 16.0 Å². The van der Waals surface area contributed by atoms with Gasteiger partial charge in [-0.2, -0.15) is 0 Å². The Balaban J connectivity index is 2.76. The molecular weight excluding hydrogens is 239 g/mol. The molecule has 0 amide bonds. The molecule has 4 nitrogen and oxygen atoms in total. The molecule has 2 rings (SSSR count). The van der Waals surface area contributed by atoms with Crippen LogP contribution in [0.25, 0.3) is 10.8 Å². The Hall–Kier alpha value is -1.39. The molecule has 0 bridgehead atoms. The van der Waals surface area contributed by atoms with Crippen molar-refractivity contribution in [3.8, 4) is 0 Å². The van der Waals surface area contributed by atoms with E-state index in [2.05, 4.69) is 4.98 Å². The molecule has 2 aromatic rings. The molecule has 1 heterocycles. The van der Waals surface area contributed by atoms with Crippen LogP contribution in [0.2, 0.25) is 10.3 Å². The fraction of sp³-hybridized carbons (Fsp3) is 0. The summed E-state index contributed by atoms with van der Waals surface area (Å²) < 4.78 is 0. The Bertz CT molecular complexity index is 557. The molecule has 0 spiro atoms. The van der Waals surface area contributed by atoms with E-state index < -0.39 is 4.92 Å². The maximum Gasteiger partial charge on any atom is 0.270 e. The number of nitrogens with zero attached hydrogens (tertiary/aromatic N) is 2. The fourth-order valence-corrected chi connectivity index (χ4v) is 1.78. The molecule has 0 aliphatic carbocycles. The topological polar surface area (TPSA) is 56.0 Å². The van der Waals surface area contributed by atoms with E-state index in [1.165, 1.54) is 12.1 Å². The highest BCUT2D eigenvalue weighted by Crippen LogP contribution is 2.27. The number of non-ortho nitro benzene ring substituents is 1. The lowest BCUT2D eigenvalue weighted by molar-refractivity contribution is -0.384. The average Bonchev–Trinajstić information content (AvgIpc) is 2.16. The van der Waals surface area contributed by atoms with Gasteiger partial charge in [0.05, 0.1) is 4.92 Å². The summed E-state index contributed by atoms with van der Waals surface area (Å²) in [6.45, 7) is 0. The van der Waals surface area contributed by atoms with Gasteiger partial charge in [0, 0.05) is 17.5 Å². The molecule has 0 atom stereocenters. The molecule has 0 radical (unpaired) electrons. The highest BCUT2D eigenvalue weighted by atomic mass is 35.5. The van der Waals surface area contributed by atoms with Crippen molar-refractivity contribution in [2.75, 3.05) is 0 Å². The molecule has 0 N–H and O–H groups in total. The molecule has 15 heavy (non-hydrogen) atoms. The molecule has 0 fully saturated rings. The van der Waals surface area contributed by atoms with Crippen LogP contribution in [0.3, 0.4) is 0 Å². The Morgan fingerprint density at radius 2 is 2.00 bits per heavy atom. The van der Waals surface area contributed by atoms with Gasteiger partial charge in [0.25, 0.3) is 5.69 Å². The van der Waals surface area contributed by atoms with Crippen molar-refractivity contribution < 1.29 is 4.92 Å². The first-order chi connectivity index (χ1) is 7.08. The van der Waals surface area contributed by atoms with E-state index in [1.54, 1.807) is 12.1 Å². The second kappa shape index (κ2) is 3.64. The van der Waals surface area contributed by atoms with Crippen molar-refractivity contribution in [1.29, 1.82) is 0 Å². The summed E-state index contributed by atoms with van der Waals surface area (Å²) in [5.41, 5.74) is -0.0199. The lowest BCUT2D eigenvalue weighted by Gasteiger charge is -2.00. The number of pyridine rings is 1. The van der Waals surface area contributed by atoms with Crippen LogP contribution in [0.15, 0.2) is 24.3 Å². The first kappa shape index (κ1) is 10.1. The Morgan fingerprint density at radius 1 is 1.27 bits per heavy atom. The van der Waals surface area contributed by atoms with Crippen molar-refractivity contribution in [3.63, 3.8) is 0 Å². The third-order valence-corrected chi connectivity index (χ3v) is 2.43. The van der Waals surface area contributed by atoms with Crippen molar-refractivity contribution in [2.45, 2.75) is 0 Å². The number of nitro benzene ring substituents is 1. The number of fused-ring (bicyclic) bond motifs is 1. The van der Waals surface area contributed by atoms with E-state index in [9.17, 15) is 10.1 Å². The maximum absolute atomic E-state index is 10.5. The predicted molar refractivity (Wildman–Crippen MR) is 58.4 cm³/mol. The highest BCUT2D eigenvalue weighted by Gasteiger charge is 2.09. The minimum absolute atomic E-state index is 0.0199. The normalized spacial score (nSPS) is 10.5. The van der Waals surface area contributed by atoms with Crippen LogP contribution in [-0.4, -0.2) is 9.91 Å². The summed E-state index contributed by atoms with van der Waals surface area (Å²) in [5.74, 6) is 0. The van der Waals surface area contributed by atoms with Crippen molar-refractivity contribution >= 4 is 39.7 Å². The molecule has 0 saturated carbocycles. The average molecular weight is 243 g/mol. The monoisotopic (exact) mass is 242 g/mol. The van der Waals surface area contributed by atoms with Gasteiger partial charge in [-0.05, 0) is 17.5 Å². The van der Waals surface area contributed by atoms with Gasteiger partial charge in [-0.1, -0.05) is 23.2 Å². The van der Waals surface area contributed by atoms with Gasteiger partial charge in [-0.25, -0.2) is 4.98 Å². The molecule has 0 unspecified atom stereocenters. The maximum atomic E-state index is 10.5. The zero-order chi connectivity index (χ0) is 11.0. The third-order valence-electron chi connectivity index (χ3n) is 1.95. The van der Waals surface area contributed by atoms with Crippen molar-refractivity contribution in [3.05, 3.63) is 44.7 Å². The Morgan fingerprint density at radius 3 is 2.67 bits per heavy atom. The summed E-state index contributed by atoms with van der Waals surface area (Å²) in [7, 11) is 0. The highest BCUT2D eigenvalue weighted by molar-refractivity contribution is 6.36. The van der Waals surface area contributed by atoms with E-state index in [0.717, 1.165) is 5.39 Å². The van der Waals surface area contributed by atoms with Crippen LogP contribution in [-0.2, 0) is 0 Å². The molecule has 1 aromatic heterocycles. The van der Waals surface area contributed by atoms with Gasteiger partial charge in [0.15, 0.2) is 0 Å². The number of halogens is 2. The summed E-state index contributed by atoms with van der Waals surface area (Å²) in [6, 6.07) is 5.97. The number of nitro groups is 1. The van der Waals surface area contributed by atoms with E-state index in [0.29, 0.717) is 5.39 Å². The minimum atomic E-state index is -0.482. The van der Waals surface area contributed by atoms with E-state index in [1.807, 2.05) is 0 Å². The zero-order valence-electron chi connectivity index (χ0n) is 7.28. The number of hydrogen-bond acceptors (Lipinski definition) is 3. The second-order valence-electron chi connectivity index (χ2n) is 2.90. The summed E-state index contributed by atoms with van der Waals surface area (Å²) >= 11 is 11.5. The summed E-state index contributed by atoms with van der Waals surface area (Å²) in [6.07, 6.45) is 0. The van der Waals surface area contributed by atoms with Crippen LogP contribution >= 0.6 is 23.2 Å². The quantitative estimate of drug-likeness (QED) is 0.437. The molecule has 0 aliphatic heterocycles. The molecular formula is C9H4Cl2N2O2. The third kappa shape index (κ3) is 1.86. The van der Waals surface area contributed by atoms with E-state index >= 15 is 0 Å². The molecule has 76 valence electrons. The van der Waals surface area contributed by atoms with Crippen LogP contribution in [0.4, 0.5) is 5.69 Å². The van der Waals surface area contributed by atoms with Crippen LogP contribution in [0.5, 0.6) is 0 Å². The van der Waals surface area contributed by atoms with Gasteiger partial charge in [-0.3, -0.25) is 10.1 Å². The van der Waals surface area contributed by atoms with Crippen LogP contribution in [0.1, 0.15) is 0 Å². The van der Waals surface area contributed by atoms with Gasteiger partial charge in [0.1, 0.15) is 10.3 Å². The summed E-state index contributed by atoms with van der Waals surface area (Å²) in [5, 5.41) is 12.2. The van der Waals surface area contributed by atoms with Crippen molar-refractivity contribution in [2.24, 2.45) is 0 Å². The minimum Gasteiger partial charge on any atom is -0.258 e. The number of hydrogen-bond donors (Lipinski definition) is 0. The predicted octanol–water partition coefficient (Wildman–Crippen LogP) is 3.45. The van der Waals surface area contributed by atoms with Gasteiger partial charge >= 0.3 is 0 Å². The van der Waals surface area contributed by atoms with E-state index in [4.69, 9.17) is 23.2 Å². The van der Waals surface area contributed by atoms with Crippen molar-refractivity contribution in [1.82, 2.24) is 4.98 Å². The lowest BCUT2D eigenvalue weighted by Crippen LogP contribution is -1.88. The lowest BCUT2D eigenvalue weighted by atomic mass is 10.1. The first-order valence-corrected chi connectivity index (χ1v) is 4.74. The molecule has 1 aromatic carbocycles. The van der Waals surface area contributed by atoms with Crippen LogP contribution < -0.4 is 0 Å². The number of benzene rings is 1. The standard InChI is InChI=1S/C9H4Cl2N2O2/c10-8-3-5-1-2-6(13(14)15)4-7(5)9(11)12-8/h1-4H. The second-order valence-corrected chi connectivity index (χ2v) is 3.64. The first-order valence-electron chi connectivity index (χ1n) is 3.98. The molecule has 6 heteroatoms. The summed E-state index contributed by atoms with van der Waals surface area (Å²) in [4.78, 5) is 13.9. The number of rotatable bonds is 1. The fourth-order valence-electron chi connectivity index (χ4n) is 1.28. The smallest absolute Gasteiger partial charge is 0.258 e. The molecule has 0 aliphatic rings. The largest absolute Gasteiger partial charge is 0.270 e. The Labute approximate surface area is 94.6 Å². The molecule has 0 saturated heterocycles. The SMILES string of the molecule is O=[N+]([O-])c1ccc2cc(Cl)nc(Cl)c2c1. The number of aromatic nitrogens is 1.